The Kier molecular flexibility index (Phi) is 12.6. The highest BCUT2D eigenvalue weighted by atomic mass is 35.5. The first kappa shape index (κ1) is 27.2. The molecule has 0 amide bonds. The number of aliphatic carboxylic acids is 2. The van der Waals surface area contributed by atoms with E-state index in [4.69, 9.17) is 4.74 Å². The van der Waals surface area contributed by atoms with Crippen molar-refractivity contribution in [1.82, 2.24) is 5.32 Å². The normalized spacial score (nSPS) is 17.1. The van der Waals surface area contributed by atoms with Gasteiger partial charge in [-0.25, -0.2) is 0 Å². The highest BCUT2D eigenvalue weighted by Gasteiger charge is 2.51. The summed E-state index contributed by atoms with van der Waals surface area (Å²) < 4.78 is 5.81. The average Bonchev–Trinajstić information content (AvgIpc) is 3.18. The van der Waals surface area contributed by atoms with Crippen molar-refractivity contribution in [3.05, 3.63) is 29.8 Å². The topological polar surface area (TPSA) is 95.9 Å². The van der Waals surface area contributed by atoms with Crippen LogP contribution in [0, 0.1) is 5.41 Å². The van der Waals surface area contributed by atoms with Gasteiger partial charge in [0, 0.05) is 12.6 Å². The maximum absolute atomic E-state index is 11.4. The molecule has 1 atom stereocenters. The van der Waals surface area contributed by atoms with Gasteiger partial charge in [0.05, 0.1) is 6.61 Å². The van der Waals surface area contributed by atoms with Crippen LogP contribution in [0.4, 0.5) is 0 Å². The Morgan fingerprint density at radius 1 is 1.00 bits per heavy atom. The number of carboxylic acids is 2. The van der Waals surface area contributed by atoms with Crippen molar-refractivity contribution in [2.24, 2.45) is 5.41 Å². The van der Waals surface area contributed by atoms with Crippen LogP contribution < -0.4 is 10.1 Å². The lowest BCUT2D eigenvalue weighted by atomic mass is 9.86. The summed E-state index contributed by atoms with van der Waals surface area (Å²) in [6, 6.07) is 7.79. The minimum Gasteiger partial charge on any atom is -0.494 e. The van der Waals surface area contributed by atoms with Gasteiger partial charge in [0.25, 0.3) is 0 Å². The first-order valence-corrected chi connectivity index (χ1v) is 11.4. The molecule has 1 aliphatic carbocycles. The maximum Gasteiger partial charge on any atom is 0.321 e. The number of hydrogen-bond acceptors (Lipinski definition) is 4. The molecule has 176 valence electrons. The predicted octanol–water partition coefficient (Wildman–Crippen LogP) is 5.43. The Morgan fingerprint density at radius 2 is 1.58 bits per heavy atom. The molecule has 1 fully saturated rings. The molecule has 3 N–H and O–H groups in total. The van der Waals surface area contributed by atoms with Gasteiger partial charge in [-0.05, 0) is 43.4 Å². The summed E-state index contributed by atoms with van der Waals surface area (Å²) in [7, 11) is 0. The highest BCUT2D eigenvalue weighted by Crippen LogP contribution is 2.39. The lowest BCUT2D eigenvalue weighted by molar-refractivity contribution is -0.164. The molecule has 0 bridgehead atoms. The van der Waals surface area contributed by atoms with Crippen LogP contribution in [0.25, 0.3) is 0 Å². The summed E-state index contributed by atoms with van der Waals surface area (Å²) in [5.41, 5.74) is -0.581. The van der Waals surface area contributed by atoms with Crippen LogP contribution >= 0.6 is 12.4 Å². The molecule has 6 nitrogen and oxygen atoms in total. The van der Waals surface area contributed by atoms with Gasteiger partial charge in [0.2, 0.25) is 0 Å². The molecule has 31 heavy (non-hydrogen) atoms. The molecule has 7 heteroatoms. The van der Waals surface area contributed by atoms with Crippen LogP contribution in [-0.2, 0) is 16.1 Å². The summed E-state index contributed by atoms with van der Waals surface area (Å²) in [5, 5.41) is 21.9. The Morgan fingerprint density at radius 3 is 2.13 bits per heavy atom. The molecule has 1 aromatic rings. The minimum atomic E-state index is -1.65. The quantitative estimate of drug-likeness (QED) is 0.241. The number of ether oxygens (including phenoxy) is 1. The Balaban J connectivity index is 0.00000480. The van der Waals surface area contributed by atoms with E-state index >= 15 is 0 Å². The largest absolute Gasteiger partial charge is 0.494 e. The van der Waals surface area contributed by atoms with Gasteiger partial charge in [-0.2, -0.15) is 0 Å². The molecule has 0 radical (unpaired) electrons. The lowest BCUT2D eigenvalue weighted by Crippen LogP contribution is -2.39. The van der Waals surface area contributed by atoms with E-state index in [0.717, 1.165) is 24.3 Å². The monoisotopic (exact) mass is 455 g/mol. The van der Waals surface area contributed by atoms with Crippen molar-refractivity contribution >= 4 is 24.3 Å². The summed E-state index contributed by atoms with van der Waals surface area (Å²) in [6.45, 7) is 3.56. The number of carboxylic acid groups (broad SMARTS) is 2. The van der Waals surface area contributed by atoms with E-state index in [1.165, 1.54) is 44.9 Å². The summed E-state index contributed by atoms with van der Waals surface area (Å²) in [4.78, 5) is 22.8. The van der Waals surface area contributed by atoms with Crippen LogP contribution in [0.2, 0.25) is 0 Å². The second-order valence-corrected chi connectivity index (χ2v) is 8.48. The van der Waals surface area contributed by atoms with Crippen LogP contribution in [0.5, 0.6) is 5.75 Å². The van der Waals surface area contributed by atoms with Crippen molar-refractivity contribution in [3.63, 3.8) is 0 Å². The number of nitrogens with one attached hydrogen (secondary N) is 1. The molecule has 0 aliphatic heterocycles. The molecule has 1 unspecified atom stereocenters. The second kappa shape index (κ2) is 14.3. The van der Waals surface area contributed by atoms with Gasteiger partial charge in [-0.1, -0.05) is 64.0 Å². The van der Waals surface area contributed by atoms with E-state index in [1.807, 2.05) is 24.3 Å². The third-order valence-corrected chi connectivity index (χ3v) is 6.12. The van der Waals surface area contributed by atoms with Crippen LogP contribution in [0.1, 0.15) is 83.1 Å². The van der Waals surface area contributed by atoms with E-state index in [-0.39, 0.29) is 31.3 Å². The Labute approximate surface area is 192 Å². The molecule has 2 rings (SSSR count). The minimum absolute atomic E-state index is 0. The molecule has 0 aromatic heterocycles. The third kappa shape index (κ3) is 8.69. The van der Waals surface area contributed by atoms with Crippen LogP contribution in [0.3, 0.4) is 0 Å². The number of halogens is 1. The smallest absolute Gasteiger partial charge is 0.321 e. The van der Waals surface area contributed by atoms with E-state index < -0.39 is 17.4 Å². The molecule has 1 aromatic carbocycles. The van der Waals surface area contributed by atoms with E-state index in [1.54, 1.807) is 0 Å². The number of unbranched alkanes of at least 4 members (excludes halogenated alkanes) is 7. The third-order valence-electron chi connectivity index (χ3n) is 6.12. The van der Waals surface area contributed by atoms with Gasteiger partial charge in [0.15, 0.2) is 5.41 Å². The summed E-state index contributed by atoms with van der Waals surface area (Å²) in [5.74, 6) is -1.62. The van der Waals surface area contributed by atoms with Crippen molar-refractivity contribution in [2.45, 2.75) is 90.1 Å². The van der Waals surface area contributed by atoms with Gasteiger partial charge in [-0.15, -0.1) is 12.4 Å². The van der Waals surface area contributed by atoms with Gasteiger partial charge in [0.1, 0.15) is 5.75 Å². The first-order chi connectivity index (χ1) is 14.5. The van der Waals surface area contributed by atoms with Crippen molar-refractivity contribution in [2.75, 3.05) is 6.61 Å². The number of rotatable bonds is 15. The molecule has 0 saturated heterocycles. The maximum atomic E-state index is 11.4. The van der Waals surface area contributed by atoms with Gasteiger partial charge < -0.3 is 20.3 Å². The zero-order valence-electron chi connectivity index (χ0n) is 18.6. The summed E-state index contributed by atoms with van der Waals surface area (Å²) in [6.07, 6.45) is 11.1. The Hall–Kier alpha value is -1.79. The highest BCUT2D eigenvalue weighted by molar-refractivity contribution is 5.98. The number of hydrogen-bond donors (Lipinski definition) is 3. The van der Waals surface area contributed by atoms with Crippen molar-refractivity contribution in [3.8, 4) is 5.75 Å². The number of carbonyl (C=O) groups is 2. The van der Waals surface area contributed by atoms with Crippen LogP contribution in [-0.4, -0.2) is 34.8 Å². The van der Waals surface area contributed by atoms with Crippen molar-refractivity contribution < 1.29 is 24.5 Å². The van der Waals surface area contributed by atoms with Crippen LogP contribution in [0.15, 0.2) is 24.3 Å². The molecule has 1 saturated carbocycles. The zero-order chi connectivity index (χ0) is 21.8. The molecule has 1 aliphatic rings. The fourth-order valence-electron chi connectivity index (χ4n) is 4.09. The number of benzene rings is 1. The fourth-order valence-corrected chi connectivity index (χ4v) is 4.09. The lowest BCUT2D eigenvalue weighted by Gasteiger charge is -2.19. The second-order valence-electron chi connectivity index (χ2n) is 8.48. The van der Waals surface area contributed by atoms with Gasteiger partial charge in [-0.3, -0.25) is 9.59 Å². The molecular formula is C24H38ClNO5. The fraction of sp³-hybridized carbons (Fsp3) is 0.667. The van der Waals surface area contributed by atoms with E-state index in [0.29, 0.717) is 13.0 Å². The predicted molar refractivity (Wildman–Crippen MR) is 124 cm³/mol. The van der Waals surface area contributed by atoms with E-state index in [2.05, 4.69) is 12.2 Å². The molecular weight excluding hydrogens is 418 g/mol. The summed E-state index contributed by atoms with van der Waals surface area (Å²) >= 11 is 0. The van der Waals surface area contributed by atoms with Crippen molar-refractivity contribution in [1.29, 1.82) is 0 Å². The SMILES string of the molecule is CCCCCCCCCCOc1ccc(CNC2CCC(C(=O)O)(C(=O)O)C2)cc1.Cl. The first-order valence-electron chi connectivity index (χ1n) is 11.4. The van der Waals surface area contributed by atoms with E-state index in [9.17, 15) is 19.8 Å². The van der Waals surface area contributed by atoms with Gasteiger partial charge >= 0.3 is 11.9 Å². The zero-order valence-corrected chi connectivity index (χ0v) is 19.4. The Bertz CT molecular complexity index is 650. The standard InChI is InChI=1S/C24H37NO5.ClH/c1-2-3-4-5-6-7-8-9-16-30-21-12-10-19(11-13-21)18-25-20-14-15-24(17-20,22(26)27)23(28)29;/h10-13,20,25H,2-9,14-18H2,1H3,(H,26,27)(H,28,29);1H. The molecule has 0 heterocycles. The molecule has 0 spiro atoms. The average molecular weight is 456 g/mol.